The molecule has 0 saturated carbocycles. The molecule has 1 heterocycles. The molecule has 168 valence electrons. The molecule has 3 amide bonds. The first kappa shape index (κ1) is 22.6. The van der Waals surface area contributed by atoms with Gasteiger partial charge >= 0.3 is 0 Å². The molecular formula is C26H24ClN3O3. The lowest BCUT2D eigenvalue weighted by Gasteiger charge is -2.17. The van der Waals surface area contributed by atoms with Gasteiger partial charge in [-0.2, -0.15) is 0 Å². The van der Waals surface area contributed by atoms with E-state index in [1.165, 1.54) is 0 Å². The van der Waals surface area contributed by atoms with Gasteiger partial charge in [0, 0.05) is 30.2 Å². The minimum atomic E-state index is -0.528. The average molecular weight is 462 g/mol. The highest BCUT2D eigenvalue weighted by Crippen LogP contribution is 2.28. The van der Waals surface area contributed by atoms with Gasteiger partial charge in [-0.25, -0.2) is 0 Å². The van der Waals surface area contributed by atoms with Crippen LogP contribution < -0.4 is 15.5 Å². The first-order valence-electron chi connectivity index (χ1n) is 10.7. The number of rotatable bonds is 6. The van der Waals surface area contributed by atoms with Gasteiger partial charge in [-0.05, 0) is 42.8 Å². The molecule has 2 N–H and O–H groups in total. The Hall–Kier alpha value is -3.64. The Kier molecular flexibility index (Phi) is 6.75. The Morgan fingerprint density at radius 3 is 2.55 bits per heavy atom. The minimum absolute atomic E-state index is 0.0974. The Bertz CT molecular complexity index is 1190. The second-order valence-corrected chi connectivity index (χ2v) is 8.52. The summed E-state index contributed by atoms with van der Waals surface area (Å²) in [5.74, 6) is -1.25. The number of carbonyl (C=O) groups is 3. The molecule has 0 unspecified atom stereocenters. The summed E-state index contributed by atoms with van der Waals surface area (Å²) in [6, 6.07) is 21.8. The zero-order chi connectivity index (χ0) is 23.4. The molecule has 6 nitrogen and oxygen atoms in total. The summed E-state index contributed by atoms with van der Waals surface area (Å²) in [4.78, 5) is 39.8. The molecule has 3 aromatic rings. The first-order chi connectivity index (χ1) is 15.9. The Morgan fingerprint density at radius 2 is 1.79 bits per heavy atom. The predicted molar refractivity (Wildman–Crippen MR) is 129 cm³/mol. The maximum Gasteiger partial charge on any atom is 0.253 e. The molecule has 0 bridgehead atoms. The van der Waals surface area contributed by atoms with Gasteiger partial charge in [0.1, 0.15) is 0 Å². The van der Waals surface area contributed by atoms with Crippen LogP contribution in [-0.4, -0.2) is 24.3 Å². The van der Waals surface area contributed by atoms with E-state index in [4.69, 9.17) is 11.6 Å². The zero-order valence-electron chi connectivity index (χ0n) is 18.2. The fourth-order valence-corrected chi connectivity index (χ4v) is 3.97. The molecule has 33 heavy (non-hydrogen) atoms. The molecule has 7 heteroatoms. The van der Waals surface area contributed by atoms with Crippen LogP contribution in [0.1, 0.15) is 27.9 Å². The predicted octanol–water partition coefficient (Wildman–Crippen LogP) is 4.57. The lowest BCUT2D eigenvalue weighted by Crippen LogP contribution is -2.29. The number of amides is 3. The third kappa shape index (κ3) is 5.41. The maximum absolute atomic E-state index is 12.9. The fraction of sp³-hybridized carbons (Fsp3) is 0.192. The lowest BCUT2D eigenvalue weighted by atomic mass is 10.1. The van der Waals surface area contributed by atoms with Gasteiger partial charge in [-0.3, -0.25) is 14.4 Å². The zero-order valence-corrected chi connectivity index (χ0v) is 18.9. The van der Waals surface area contributed by atoms with E-state index in [1.54, 1.807) is 53.4 Å². The van der Waals surface area contributed by atoms with Crippen LogP contribution in [0, 0.1) is 12.8 Å². The molecule has 0 aromatic heterocycles. The van der Waals surface area contributed by atoms with Crippen molar-refractivity contribution in [3.63, 3.8) is 0 Å². The van der Waals surface area contributed by atoms with Gasteiger partial charge < -0.3 is 15.5 Å². The third-order valence-electron chi connectivity index (χ3n) is 5.62. The maximum atomic E-state index is 12.9. The minimum Gasteiger partial charge on any atom is -0.348 e. The van der Waals surface area contributed by atoms with Gasteiger partial charge in [0.2, 0.25) is 11.8 Å². The van der Waals surface area contributed by atoms with Crippen molar-refractivity contribution in [2.75, 3.05) is 16.8 Å². The van der Waals surface area contributed by atoms with E-state index in [-0.39, 0.29) is 30.7 Å². The SMILES string of the molecule is Cc1ccc(CNC(=O)c2ccccc2NC(=O)[C@H]2CC(=O)N(c3cccc(Cl)c3)C2)cc1. The van der Waals surface area contributed by atoms with Crippen LogP contribution in [0.15, 0.2) is 72.8 Å². The van der Waals surface area contributed by atoms with Crippen molar-refractivity contribution in [2.45, 2.75) is 19.9 Å². The van der Waals surface area contributed by atoms with Gasteiger partial charge in [0.25, 0.3) is 5.91 Å². The fourth-order valence-electron chi connectivity index (χ4n) is 3.79. The van der Waals surface area contributed by atoms with Crippen molar-refractivity contribution >= 4 is 40.7 Å². The second-order valence-electron chi connectivity index (χ2n) is 8.09. The van der Waals surface area contributed by atoms with E-state index in [1.807, 2.05) is 31.2 Å². The molecule has 1 atom stereocenters. The van der Waals surface area contributed by atoms with Crippen molar-refractivity contribution in [1.29, 1.82) is 0 Å². The number of carbonyl (C=O) groups excluding carboxylic acids is 3. The van der Waals surface area contributed by atoms with E-state index in [0.29, 0.717) is 28.5 Å². The lowest BCUT2D eigenvalue weighted by molar-refractivity contribution is -0.122. The molecule has 0 radical (unpaired) electrons. The molecular weight excluding hydrogens is 438 g/mol. The molecule has 1 aliphatic rings. The number of anilines is 2. The Labute approximate surface area is 197 Å². The quantitative estimate of drug-likeness (QED) is 0.564. The van der Waals surface area contributed by atoms with Gasteiger partial charge in [-0.1, -0.05) is 59.6 Å². The number of para-hydroxylation sites is 1. The normalized spacial score (nSPS) is 15.4. The number of nitrogens with one attached hydrogen (secondary N) is 2. The summed E-state index contributed by atoms with van der Waals surface area (Å²) >= 11 is 6.04. The third-order valence-corrected chi connectivity index (χ3v) is 5.85. The van der Waals surface area contributed by atoms with Gasteiger partial charge in [0.05, 0.1) is 17.2 Å². The first-order valence-corrected chi connectivity index (χ1v) is 11.1. The van der Waals surface area contributed by atoms with Crippen LogP contribution >= 0.6 is 11.6 Å². The van der Waals surface area contributed by atoms with Crippen molar-refractivity contribution < 1.29 is 14.4 Å². The van der Waals surface area contributed by atoms with Crippen molar-refractivity contribution in [3.8, 4) is 0 Å². The van der Waals surface area contributed by atoms with Crippen LogP contribution in [0.25, 0.3) is 0 Å². The number of benzene rings is 3. The monoisotopic (exact) mass is 461 g/mol. The van der Waals surface area contributed by atoms with Crippen molar-refractivity contribution in [3.05, 3.63) is 94.5 Å². The molecule has 0 aliphatic carbocycles. The number of aryl methyl sites for hydroxylation is 1. The van der Waals surface area contributed by atoms with Crippen LogP contribution in [0.3, 0.4) is 0 Å². The Balaban J connectivity index is 1.42. The number of nitrogens with zero attached hydrogens (tertiary/aromatic N) is 1. The summed E-state index contributed by atoms with van der Waals surface area (Å²) in [6.07, 6.45) is 0.0974. The van der Waals surface area contributed by atoms with E-state index in [0.717, 1.165) is 11.1 Å². The summed E-state index contributed by atoms with van der Waals surface area (Å²) in [5.41, 5.74) is 3.59. The molecule has 3 aromatic carbocycles. The van der Waals surface area contributed by atoms with E-state index in [9.17, 15) is 14.4 Å². The largest absolute Gasteiger partial charge is 0.348 e. The van der Waals surface area contributed by atoms with E-state index < -0.39 is 5.92 Å². The molecule has 4 rings (SSSR count). The molecule has 1 aliphatic heterocycles. The summed E-state index contributed by atoms with van der Waals surface area (Å²) in [5, 5.41) is 6.26. The molecule has 1 saturated heterocycles. The van der Waals surface area contributed by atoms with Gasteiger partial charge in [0.15, 0.2) is 0 Å². The van der Waals surface area contributed by atoms with Crippen molar-refractivity contribution in [1.82, 2.24) is 5.32 Å². The van der Waals surface area contributed by atoms with Crippen molar-refractivity contribution in [2.24, 2.45) is 5.92 Å². The van der Waals surface area contributed by atoms with Gasteiger partial charge in [-0.15, -0.1) is 0 Å². The average Bonchev–Trinajstić information content (AvgIpc) is 3.21. The van der Waals surface area contributed by atoms with E-state index >= 15 is 0 Å². The number of hydrogen-bond acceptors (Lipinski definition) is 3. The van der Waals surface area contributed by atoms with Crippen LogP contribution in [0.2, 0.25) is 5.02 Å². The van der Waals surface area contributed by atoms with Crippen LogP contribution in [-0.2, 0) is 16.1 Å². The highest BCUT2D eigenvalue weighted by molar-refractivity contribution is 6.31. The highest BCUT2D eigenvalue weighted by Gasteiger charge is 2.35. The summed E-state index contributed by atoms with van der Waals surface area (Å²) in [6.45, 7) is 2.65. The van der Waals surface area contributed by atoms with Crippen LogP contribution in [0.5, 0.6) is 0 Å². The summed E-state index contributed by atoms with van der Waals surface area (Å²) in [7, 11) is 0. The molecule has 0 spiro atoms. The number of hydrogen-bond donors (Lipinski definition) is 2. The second kappa shape index (κ2) is 9.88. The highest BCUT2D eigenvalue weighted by atomic mass is 35.5. The van der Waals surface area contributed by atoms with Crippen LogP contribution in [0.4, 0.5) is 11.4 Å². The number of halogens is 1. The topological polar surface area (TPSA) is 78.5 Å². The van der Waals surface area contributed by atoms with E-state index in [2.05, 4.69) is 10.6 Å². The Morgan fingerprint density at radius 1 is 1.03 bits per heavy atom. The molecule has 1 fully saturated rings. The smallest absolute Gasteiger partial charge is 0.253 e. The summed E-state index contributed by atoms with van der Waals surface area (Å²) < 4.78 is 0. The standard InChI is InChI=1S/C26H24ClN3O3/c1-17-9-11-18(12-10-17)15-28-26(33)22-7-2-3-8-23(22)29-25(32)19-13-24(31)30(16-19)21-6-4-5-20(27)14-21/h2-12,14,19H,13,15-16H2,1H3,(H,28,33)(H,29,32)/t19-/m0/s1.